The second-order valence-corrected chi connectivity index (χ2v) is 5.13. The summed E-state index contributed by atoms with van der Waals surface area (Å²) in [6.07, 6.45) is 5.05. The maximum absolute atomic E-state index is 3.53. The standard InChI is InChI=1S/C15H19N/c1-11-8-12-6-7-16-10-14(12)9-13-4-2-3-5-15(11)13/h2-5,8,12,14,16H,6-7,9-10H2,1H3/t12-,14+/m0/s1. The van der Waals surface area contributed by atoms with Crippen molar-refractivity contribution in [3.8, 4) is 0 Å². The van der Waals surface area contributed by atoms with Crippen LogP contribution in [0.25, 0.3) is 5.57 Å². The fourth-order valence-corrected chi connectivity index (χ4v) is 3.16. The van der Waals surface area contributed by atoms with E-state index in [1.807, 2.05) is 0 Å². The summed E-state index contributed by atoms with van der Waals surface area (Å²) in [5.74, 6) is 1.58. The SMILES string of the molecule is CC1=C[C@@H]2CCNC[C@H]2Cc2ccccc21. The van der Waals surface area contributed by atoms with Crippen LogP contribution in [-0.4, -0.2) is 13.1 Å². The number of allylic oxidation sites excluding steroid dienone is 2. The van der Waals surface area contributed by atoms with Gasteiger partial charge in [-0.2, -0.15) is 0 Å². The van der Waals surface area contributed by atoms with E-state index in [0.29, 0.717) is 0 Å². The van der Waals surface area contributed by atoms with E-state index < -0.39 is 0 Å². The van der Waals surface area contributed by atoms with Gasteiger partial charge in [-0.1, -0.05) is 30.3 Å². The fraction of sp³-hybridized carbons (Fsp3) is 0.467. The Hall–Kier alpha value is -1.08. The van der Waals surface area contributed by atoms with Crippen LogP contribution in [0.1, 0.15) is 24.5 Å². The zero-order valence-electron chi connectivity index (χ0n) is 9.87. The van der Waals surface area contributed by atoms with Gasteiger partial charge in [0.05, 0.1) is 0 Å². The van der Waals surface area contributed by atoms with E-state index in [2.05, 4.69) is 42.6 Å². The molecule has 1 heterocycles. The van der Waals surface area contributed by atoms with E-state index in [-0.39, 0.29) is 0 Å². The van der Waals surface area contributed by atoms with E-state index >= 15 is 0 Å². The summed E-state index contributed by atoms with van der Waals surface area (Å²) in [6, 6.07) is 8.89. The van der Waals surface area contributed by atoms with Gasteiger partial charge in [0.1, 0.15) is 0 Å². The number of nitrogens with one attached hydrogen (secondary N) is 1. The molecule has 1 N–H and O–H groups in total. The van der Waals surface area contributed by atoms with Crippen LogP contribution < -0.4 is 5.32 Å². The van der Waals surface area contributed by atoms with Gasteiger partial charge in [0.2, 0.25) is 0 Å². The van der Waals surface area contributed by atoms with Crippen molar-refractivity contribution in [3.63, 3.8) is 0 Å². The van der Waals surface area contributed by atoms with Crippen LogP contribution in [0.2, 0.25) is 0 Å². The first-order valence-electron chi connectivity index (χ1n) is 6.32. The third-order valence-electron chi connectivity index (χ3n) is 4.05. The molecule has 1 nitrogen and oxygen atoms in total. The maximum atomic E-state index is 3.53. The first kappa shape index (κ1) is 10.1. The van der Waals surface area contributed by atoms with Crippen molar-refractivity contribution in [2.24, 2.45) is 11.8 Å². The maximum Gasteiger partial charge on any atom is -0.00117 e. The average Bonchev–Trinajstić information content (AvgIpc) is 2.45. The third kappa shape index (κ3) is 1.69. The summed E-state index contributed by atoms with van der Waals surface area (Å²) in [4.78, 5) is 0. The van der Waals surface area contributed by atoms with Crippen LogP contribution >= 0.6 is 0 Å². The van der Waals surface area contributed by atoms with Gasteiger partial charge in [-0.05, 0) is 61.4 Å². The Bertz CT molecular complexity index is 419. The first-order valence-corrected chi connectivity index (χ1v) is 6.32. The lowest BCUT2D eigenvalue weighted by Crippen LogP contribution is -2.36. The second-order valence-electron chi connectivity index (χ2n) is 5.13. The molecule has 2 aliphatic rings. The number of rotatable bonds is 0. The highest BCUT2D eigenvalue weighted by Crippen LogP contribution is 2.33. The van der Waals surface area contributed by atoms with Crippen LogP contribution in [0.15, 0.2) is 30.3 Å². The van der Waals surface area contributed by atoms with Crippen LogP contribution in [0.5, 0.6) is 0 Å². The van der Waals surface area contributed by atoms with E-state index in [0.717, 1.165) is 11.8 Å². The van der Waals surface area contributed by atoms with Gasteiger partial charge >= 0.3 is 0 Å². The lowest BCUT2D eigenvalue weighted by Gasteiger charge is -2.29. The van der Waals surface area contributed by atoms with Crippen LogP contribution in [0.3, 0.4) is 0 Å². The zero-order chi connectivity index (χ0) is 11.0. The topological polar surface area (TPSA) is 12.0 Å². The Morgan fingerprint density at radius 2 is 2.12 bits per heavy atom. The van der Waals surface area contributed by atoms with Crippen molar-refractivity contribution in [3.05, 3.63) is 41.5 Å². The number of hydrogen-bond acceptors (Lipinski definition) is 1. The van der Waals surface area contributed by atoms with E-state index in [1.165, 1.54) is 42.6 Å². The predicted octanol–water partition coefficient (Wildman–Crippen LogP) is 2.87. The van der Waals surface area contributed by atoms with Crippen molar-refractivity contribution >= 4 is 5.57 Å². The Morgan fingerprint density at radius 1 is 1.25 bits per heavy atom. The molecule has 2 atom stereocenters. The highest BCUT2D eigenvalue weighted by molar-refractivity contribution is 5.67. The molecular weight excluding hydrogens is 194 g/mol. The van der Waals surface area contributed by atoms with Gasteiger partial charge < -0.3 is 5.32 Å². The molecule has 1 aliphatic heterocycles. The van der Waals surface area contributed by atoms with Gasteiger partial charge in [0.15, 0.2) is 0 Å². The Labute approximate surface area is 97.6 Å². The average molecular weight is 213 g/mol. The third-order valence-corrected chi connectivity index (χ3v) is 4.05. The summed E-state index contributed by atoms with van der Waals surface area (Å²) >= 11 is 0. The van der Waals surface area contributed by atoms with E-state index in [9.17, 15) is 0 Å². The van der Waals surface area contributed by atoms with Gasteiger partial charge in [-0.15, -0.1) is 0 Å². The molecule has 16 heavy (non-hydrogen) atoms. The molecule has 1 saturated heterocycles. The largest absolute Gasteiger partial charge is 0.316 e. The van der Waals surface area contributed by atoms with Crippen molar-refractivity contribution in [2.45, 2.75) is 19.8 Å². The highest BCUT2D eigenvalue weighted by Gasteiger charge is 2.26. The van der Waals surface area contributed by atoms with Gasteiger partial charge in [0, 0.05) is 0 Å². The smallest absolute Gasteiger partial charge is 0.00117 e. The molecule has 3 rings (SSSR count). The monoisotopic (exact) mass is 213 g/mol. The number of hydrogen-bond donors (Lipinski definition) is 1. The van der Waals surface area contributed by atoms with Gasteiger partial charge in [-0.25, -0.2) is 0 Å². The Morgan fingerprint density at radius 3 is 3.06 bits per heavy atom. The molecule has 1 aromatic carbocycles. The van der Waals surface area contributed by atoms with Crippen molar-refractivity contribution in [2.75, 3.05) is 13.1 Å². The summed E-state index contributed by atoms with van der Waals surface area (Å²) in [6.45, 7) is 4.63. The fourth-order valence-electron chi connectivity index (χ4n) is 3.16. The summed E-state index contributed by atoms with van der Waals surface area (Å²) in [5, 5.41) is 3.53. The molecule has 0 saturated carbocycles. The van der Waals surface area contributed by atoms with Crippen LogP contribution in [-0.2, 0) is 6.42 Å². The van der Waals surface area contributed by atoms with E-state index in [4.69, 9.17) is 0 Å². The second kappa shape index (κ2) is 4.06. The lowest BCUT2D eigenvalue weighted by atomic mass is 9.83. The zero-order valence-corrected chi connectivity index (χ0v) is 9.87. The molecule has 84 valence electrons. The van der Waals surface area contributed by atoms with E-state index in [1.54, 1.807) is 0 Å². The van der Waals surface area contributed by atoms with Crippen molar-refractivity contribution < 1.29 is 0 Å². The predicted molar refractivity (Wildman–Crippen MR) is 68.3 cm³/mol. The first-order chi connectivity index (χ1) is 7.84. The number of benzene rings is 1. The quantitative estimate of drug-likeness (QED) is 0.698. The molecule has 1 fully saturated rings. The minimum absolute atomic E-state index is 0.786. The molecule has 1 aliphatic carbocycles. The normalized spacial score (nSPS) is 28.7. The Balaban J connectivity index is 2.02. The molecule has 0 unspecified atom stereocenters. The molecule has 0 amide bonds. The minimum atomic E-state index is 0.786. The summed E-state index contributed by atoms with van der Waals surface area (Å²) < 4.78 is 0. The highest BCUT2D eigenvalue weighted by atomic mass is 14.9. The molecule has 1 heteroatoms. The minimum Gasteiger partial charge on any atom is -0.316 e. The lowest BCUT2D eigenvalue weighted by molar-refractivity contribution is 0.303. The molecule has 0 radical (unpaired) electrons. The van der Waals surface area contributed by atoms with Crippen molar-refractivity contribution in [1.29, 1.82) is 0 Å². The molecule has 0 bridgehead atoms. The van der Waals surface area contributed by atoms with Crippen LogP contribution in [0.4, 0.5) is 0 Å². The van der Waals surface area contributed by atoms with Gasteiger partial charge in [0.25, 0.3) is 0 Å². The summed E-state index contributed by atoms with van der Waals surface area (Å²) in [5.41, 5.74) is 4.48. The number of piperidine rings is 1. The summed E-state index contributed by atoms with van der Waals surface area (Å²) in [7, 11) is 0. The molecule has 0 spiro atoms. The molecule has 0 aromatic heterocycles. The molecular formula is C15H19N. The van der Waals surface area contributed by atoms with Crippen molar-refractivity contribution in [1.82, 2.24) is 5.32 Å². The molecule has 1 aromatic rings. The van der Waals surface area contributed by atoms with Gasteiger partial charge in [-0.3, -0.25) is 0 Å². The Kier molecular flexibility index (Phi) is 2.56. The van der Waals surface area contributed by atoms with Crippen LogP contribution in [0, 0.1) is 11.8 Å². The number of fused-ring (bicyclic) bond motifs is 2.